The molecule has 0 unspecified atom stereocenters. The van der Waals surface area contributed by atoms with Gasteiger partial charge in [0.05, 0.1) is 23.6 Å². The van der Waals surface area contributed by atoms with Crippen LogP contribution in [-0.2, 0) is 0 Å². The van der Waals surface area contributed by atoms with Crippen molar-refractivity contribution in [2.75, 3.05) is 5.32 Å². The minimum absolute atomic E-state index is 0.0230. The third kappa shape index (κ3) is 4.72. The average Bonchev–Trinajstić information content (AvgIpc) is 3.37. The summed E-state index contributed by atoms with van der Waals surface area (Å²) >= 11 is 0. The first-order valence-electron chi connectivity index (χ1n) is 14.1. The van der Waals surface area contributed by atoms with E-state index in [1.165, 1.54) is 53.1 Å². The van der Waals surface area contributed by atoms with E-state index in [0.29, 0.717) is 11.4 Å². The van der Waals surface area contributed by atoms with Crippen molar-refractivity contribution < 1.29 is 23.0 Å². The number of nitrogens with one attached hydrogen (secondary N) is 2. The molecule has 0 saturated heterocycles. The molecule has 222 valence electrons. The molecule has 7 aromatic rings. The van der Waals surface area contributed by atoms with E-state index in [1.54, 1.807) is 29.2 Å². The fourth-order valence-corrected chi connectivity index (χ4v) is 5.37. The quantitative estimate of drug-likeness (QED) is 0.210. The lowest BCUT2D eigenvalue weighted by molar-refractivity contribution is 0.102. The van der Waals surface area contributed by atoms with Gasteiger partial charge >= 0.3 is 0 Å². The molecule has 45 heavy (non-hydrogen) atoms. The molecule has 0 atom stereocenters. The zero-order valence-corrected chi connectivity index (χ0v) is 23.3. The summed E-state index contributed by atoms with van der Waals surface area (Å²) in [6, 6.07) is 15.9. The van der Waals surface area contributed by atoms with Crippen LogP contribution >= 0.6 is 0 Å². The fraction of sp³-hybridized carbons (Fsp3) is 0.0909. The maximum atomic E-state index is 15.4. The number of ether oxygens (including phenoxy) is 2. The Morgan fingerprint density at radius 2 is 1.82 bits per heavy atom. The van der Waals surface area contributed by atoms with Gasteiger partial charge in [0.2, 0.25) is 5.88 Å². The molecule has 12 heteroatoms. The van der Waals surface area contributed by atoms with Crippen LogP contribution in [-0.4, -0.2) is 36.4 Å². The Labute approximate surface area is 252 Å². The molecule has 3 aromatic carbocycles. The molecule has 1 saturated carbocycles. The number of benzene rings is 3. The second kappa shape index (κ2) is 10.3. The van der Waals surface area contributed by atoms with E-state index >= 15 is 4.39 Å². The standard InChI is InChI=1S/C33H22F2N6O4/c34-20-1-4-22(5-2-20)41-29(44-23-6-7-23)10-8-25(33(41)43)32(42)39-21-3-9-27(26(35)14-21)45-28-13-18-17-38-40-12-11-24(31(18)40)30(28)19-15-36-37-16-19/h1-5,8-17,23H,6-7H2,(H,36,37)(H,39,42). The Morgan fingerprint density at radius 3 is 2.58 bits per heavy atom. The number of rotatable bonds is 8. The van der Waals surface area contributed by atoms with Gasteiger partial charge in [0.15, 0.2) is 11.6 Å². The second-order valence-corrected chi connectivity index (χ2v) is 10.7. The summed E-state index contributed by atoms with van der Waals surface area (Å²) in [6.45, 7) is 0. The van der Waals surface area contributed by atoms with E-state index in [2.05, 4.69) is 20.6 Å². The Kier molecular flexibility index (Phi) is 6.08. The van der Waals surface area contributed by atoms with Gasteiger partial charge in [0.25, 0.3) is 11.5 Å². The number of aromatic nitrogens is 5. The van der Waals surface area contributed by atoms with Crippen LogP contribution in [0, 0.1) is 11.6 Å². The molecule has 1 aliphatic rings. The van der Waals surface area contributed by atoms with E-state index in [0.717, 1.165) is 46.3 Å². The van der Waals surface area contributed by atoms with Gasteiger partial charge in [-0.05, 0) is 73.5 Å². The first-order chi connectivity index (χ1) is 21.9. The Morgan fingerprint density at radius 1 is 0.978 bits per heavy atom. The molecular weight excluding hydrogens is 582 g/mol. The average molecular weight is 605 g/mol. The summed E-state index contributed by atoms with van der Waals surface area (Å²) in [5, 5.41) is 15.5. The van der Waals surface area contributed by atoms with Crippen molar-refractivity contribution >= 4 is 27.9 Å². The molecule has 0 spiro atoms. The first-order valence-corrected chi connectivity index (χ1v) is 14.1. The number of halogens is 2. The van der Waals surface area contributed by atoms with Gasteiger partial charge in [-0.2, -0.15) is 10.2 Å². The van der Waals surface area contributed by atoms with E-state index in [-0.39, 0.29) is 29.0 Å². The summed E-state index contributed by atoms with van der Waals surface area (Å²) in [6.07, 6.45) is 8.61. The lowest BCUT2D eigenvalue weighted by Crippen LogP contribution is -2.29. The SMILES string of the molecule is O=C(Nc1ccc(Oc2cc3cnn4ccc(c2-c2cn[nH]c2)c34)c(F)c1)c1ccc(OC2CC2)n(-c2ccc(F)cc2)c1=O. The fourth-order valence-electron chi connectivity index (χ4n) is 5.37. The van der Waals surface area contributed by atoms with Crippen molar-refractivity contribution in [3.05, 3.63) is 119 Å². The topological polar surface area (TPSA) is 116 Å². The van der Waals surface area contributed by atoms with Gasteiger partial charge in [-0.15, -0.1) is 0 Å². The Bertz CT molecular complexity index is 2270. The van der Waals surface area contributed by atoms with Crippen molar-refractivity contribution in [3.8, 4) is 34.2 Å². The Hall–Kier alpha value is -6.04. The van der Waals surface area contributed by atoms with Gasteiger partial charge in [-0.1, -0.05) is 0 Å². The maximum absolute atomic E-state index is 15.4. The molecule has 2 N–H and O–H groups in total. The van der Waals surface area contributed by atoms with Crippen molar-refractivity contribution in [2.45, 2.75) is 18.9 Å². The smallest absolute Gasteiger partial charge is 0.270 e. The summed E-state index contributed by atoms with van der Waals surface area (Å²) in [4.78, 5) is 26.8. The van der Waals surface area contributed by atoms with Crippen LogP contribution in [0.15, 0.2) is 96.3 Å². The van der Waals surface area contributed by atoms with E-state index < -0.39 is 23.1 Å². The normalized spacial score (nSPS) is 13.0. The number of nitrogens with zero attached hydrogens (tertiary/aromatic N) is 4. The van der Waals surface area contributed by atoms with E-state index in [9.17, 15) is 14.0 Å². The number of pyridine rings is 1. The molecule has 4 heterocycles. The number of anilines is 1. The molecule has 0 radical (unpaired) electrons. The summed E-state index contributed by atoms with van der Waals surface area (Å²) in [5.74, 6) is -1.38. The first kappa shape index (κ1) is 26.6. The molecule has 1 aliphatic carbocycles. The summed E-state index contributed by atoms with van der Waals surface area (Å²) < 4.78 is 44.0. The van der Waals surface area contributed by atoms with Crippen LogP contribution in [0.4, 0.5) is 14.5 Å². The van der Waals surface area contributed by atoms with Crippen molar-refractivity contribution in [1.82, 2.24) is 24.4 Å². The third-order valence-electron chi connectivity index (χ3n) is 7.65. The predicted molar refractivity (Wildman–Crippen MR) is 162 cm³/mol. The van der Waals surface area contributed by atoms with Crippen LogP contribution in [0.2, 0.25) is 0 Å². The van der Waals surface area contributed by atoms with Gasteiger partial charge < -0.3 is 14.8 Å². The number of aromatic amines is 1. The molecule has 1 amide bonds. The highest BCUT2D eigenvalue weighted by molar-refractivity contribution is 6.07. The van der Waals surface area contributed by atoms with E-state index in [4.69, 9.17) is 9.47 Å². The van der Waals surface area contributed by atoms with Gasteiger partial charge in [-0.3, -0.25) is 14.7 Å². The van der Waals surface area contributed by atoms with Crippen LogP contribution in [0.25, 0.3) is 33.1 Å². The maximum Gasteiger partial charge on any atom is 0.270 e. The van der Waals surface area contributed by atoms with Gasteiger partial charge in [-0.25, -0.2) is 17.9 Å². The highest BCUT2D eigenvalue weighted by atomic mass is 19.1. The van der Waals surface area contributed by atoms with Gasteiger partial charge in [0.1, 0.15) is 23.2 Å². The zero-order valence-electron chi connectivity index (χ0n) is 23.3. The number of hydrogen-bond donors (Lipinski definition) is 2. The van der Waals surface area contributed by atoms with Crippen LogP contribution < -0.4 is 20.3 Å². The molecule has 0 aliphatic heterocycles. The number of carbonyl (C=O) groups is 1. The molecular formula is C33H22F2N6O4. The number of H-pyrrole nitrogens is 1. The van der Waals surface area contributed by atoms with Crippen LogP contribution in [0.3, 0.4) is 0 Å². The lowest BCUT2D eigenvalue weighted by Gasteiger charge is -2.15. The largest absolute Gasteiger partial charge is 0.475 e. The number of hydrogen-bond acceptors (Lipinski definition) is 6. The minimum atomic E-state index is -0.749. The lowest BCUT2D eigenvalue weighted by atomic mass is 10.0. The third-order valence-corrected chi connectivity index (χ3v) is 7.65. The zero-order chi connectivity index (χ0) is 30.7. The summed E-state index contributed by atoms with van der Waals surface area (Å²) in [5.41, 5.74) is 1.97. The predicted octanol–water partition coefficient (Wildman–Crippen LogP) is 6.33. The van der Waals surface area contributed by atoms with Crippen LogP contribution in [0.1, 0.15) is 23.2 Å². The molecule has 4 aromatic heterocycles. The number of amides is 1. The van der Waals surface area contributed by atoms with E-state index in [1.807, 2.05) is 12.3 Å². The minimum Gasteiger partial charge on any atom is -0.475 e. The van der Waals surface area contributed by atoms with Crippen molar-refractivity contribution in [3.63, 3.8) is 0 Å². The second-order valence-electron chi connectivity index (χ2n) is 10.7. The molecule has 1 fully saturated rings. The van der Waals surface area contributed by atoms with Crippen LogP contribution in [0.5, 0.6) is 17.4 Å². The highest BCUT2D eigenvalue weighted by Crippen LogP contribution is 2.42. The Balaban J connectivity index is 1.09. The summed E-state index contributed by atoms with van der Waals surface area (Å²) in [7, 11) is 0. The highest BCUT2D eigenvalue weighted by Gasteiger charge is 2.27. The molecule has 10 nitrogen and oxygen atoms in total. The monoisotopic (exact) mass is 604 g/mol. The molecule has 0 bridgehead atoms. The molecule has 8 rings (SSSR count). The number of carbonyl (C=O) groups excluding carboxylic acids is 1. The van der Waals surface area contributed by atoms with Crippen molar-refractivity contribution in [2.24, 2.45) is 0 Å². The van der Waals surface area contributed by atoms with Crippen molar-refractivity contribution in [1.29, 1.82) is 0 Å². The van der Waals surface area contributed by atoms with Gasteiger partial charge in [0, 0.05) is 46.0 Å².